The molecule has 0 aromatic carbocycles. The zero-order valence-corrected chi connectivity index (χ0v) is 8.67. The molecule has 1 aliphatic heterocycles. The summed E-state index contributed by atoms with van der Waals surface area (Å²) in [5.41, 5.74) is 6.80. The number of anilines is 2. The lowest BCUT2D eigenvalue weighted by atomic mass is 9.99. The predicted octanol–water partition coefficient (Wildman–Crippen LogP) is 0.465. The maximum atomic E-state index is 5.55. The van der Waals surface area contributed by atoms with E-state index in [0.717, 1.165) is 19.0 Å². The van der Waals surface area contributed by atoms with Gasteiger partial charge < -0.3 is 11.1 Å². The van der Waals surface area contributed by atoms with E-state index < -0.39 is 0 Å². The molecular formula is C10H12N6. The van der Waals surface area contributed by atoms with Crippen molar-refractivity contribution in [3.8, 4) is 0 Å². The first-order chi connectivity index (χ1) is 7.83. The van der Waals surface area contributed by atoms with Gasteiger partial charge in [-0.25, -0.2) is 4.68 Å². The van der Waals surface area contributed by atoms with E-state index in [2.05, 4.69) is 20.4 Å². The van der Waals surface area contributed by atoms with Crippen molar-refractivity contribution < 1.29 is 0 Å². The third-order valence-corrected chi connectivity index (χ3v) is 2.77. The van der Waals surface area contributed by atoms with Crippen LogP contribution in [-0.4, -0.2) is 26.3 Å². The number of nitrogen functional groups attached to an aromatic ring is 1. The lowest BCUT2D eigenvalue weighted by Crippen LogP contribution is -2.26. The number of nitrogens with one attached hydrogen (secondary N) is 1. The molecule has 0 amide bonds. The maximum absolute atomic E-state index is 5.55. The minimum Gasteiger partial charge on any atom is -0.366 e. The van der Waals surface area contributed by atoms with Crippen molar-refractivity contribution in [2.45, 2.75) is 12.5 Å². The number of nitrogens with two attached hydrogens (primary N) is 1. The second kappa shape index (κ2) is 3.48. The van der Waals surface area contributed by atoms with E-state index in [-0.39, 0.29) is 0 Å². The molecule has 3 heterocycles. The largest absolute Gasteiger partial charge is 0.366 e. The van der Waals surface area contributed by atoms with Gasteiger partial charge in [0.2, 0.25) is 11.9 Å². The Morgan fingerprint density at radius 3 is 3.00 bits per heavy atom. The van der Waals surface area contributed by atoms with Crippen LogP contribution in [0.5, 0.6) is 0 Å². The first kappa shape index (κ1) is 9.14. The molecule has 3 N–H and O–H groups in total. The molecule has 0 aliphatic carbocycles. The lowest BCUT2D eigenvalue weighted by Gasteiger charge is -2.23. The number of nitrogens with zero attached hydrogens (tertiary/aromatic N) is 4. The summed E-state index contributed by atoms with van der Waals surface area (Å²) >= 11 is 0. The van der Waals surface area contributed by atoms with Crippen LogP contribution in [0.3, 0.4) is 0 Å². The summed E-state index contributed by atoms with van der Waals surface area (Å²) in [6, 6.07) is 4.05. The second-order valence-corrected chi connectivity index (χ2v) is 3.83. The summed E-state index contributed by atoms with van der Waals surface area (Å²) in [6.45, 7) is 1.65. The molecule has 6 nitrogen and oxygen atoms in total. The van der Waals surface area contributed by atoms with Gasteiger partial charge in [0.15, 0.2) is 0 Å². The highest BCUT2D eigenvalue weighted by molar-refractivity contribution is 5.35. The van der Waals surface area contributed by atoms with Crippen LogP contribution in [0.25, 0.3) is 0 Å². The van der Waals surface area contributed by atoms with Crippen LogP contribution in [0.4, 0.5) is 11.9 Å². The maximum Gasteiger partial charge on any atom is 0.241 e. The number of aromatic nitrogens is 4. The number of hydrogen-bond donors (Lipinski definition) is 2. The van der Waals surface area contributed by atoms with Crippen LogP contribution in [0.1, 0.15) is 11.5 Å². The smallest absolute Gasteiger partial charge is 0.241 e. The van der Waals surface area contributed by atoms with Crippen molar-refractivity contribution in [2.75, 3.05) is 17.6 Å². The standard InChI is InChI=1S/C10H12N6/c11-9-14-10-13-5-8(6-16(10)15-9)7-1-3-12-4-2-7/h1-4,8H,5-6H2,(H3,11,13,14,15). The molecule has 2 aromatic heterocycles. The number of rotatable bonds is 1. The Kier molecular flexibility index (Phi) is 1.99. The van der Waals surface area contributed by atoms with Gasteiger partial charge in [0.25, 0.3) is 0 Å². The van der Waals surface area contributed by atoms with Crippen molar-refractivity contribution in [1.29, 1.82) is 0 Å². The van der Waals surface area contributed by atoms with Crippen molar-refractivity contribution >= 4 is 11.9 Å². The fourth-order valence-corrected chi connectivity index (χ4v) is 1.96. The third kappa shape index (κ3) is 1.48. The number of pyridine rings is 1. The third-order valence-electron chi connectivity index (χ3n) is 2.77. The summed E-state index contributed by atoms with van der Waals surface area (Å²) in [4.78, 5) is 8.10. The molecule has 0 bridgehead atoms. The van der Waals surface area contributed by atoms with Gasteiger partial charge in [-0.15, -0.1) is 5.10 Å². The highest BCUT2D eigenvalue weighted by Gasteiger charge is 2.21. The normalized spacial score (nSPS) is 18.9. The van der Waals surface area contributed by atoms with E-state index in [9.17, 15) is 0 Å². The zero-order chi connectivity index (χ0) is 11.0. The Labute approximate surface area is 92.5 Å². The van der Waals surface area contributed by atoms with Crippen LogP contribution in [0, 0.1) is 0 Å². The van der Waals surface area contributed by atoms with Crippen LogP contribution in [0.15, 0.2) is 24.5 Å². The lowest BCUT2D eigenvalue weighted by molar-refractivity contribution is 0.504. The van der Waals surface area contributed by atoms with Gasteiger partial charge in [0, 0.05) is 24.9 Å². The Morgan fingerprint density at radius 2 is 2.19 bits per heavy atom. The molecule has 0 saturated heterocycles. The minimum atomic E-state index is 0.317. The molecule has 16 heavy (non-hydrogen) atoms. The van der Waals surface area contributed by atoms with Gasteiger partial charge in [0.05, 0.1) is 6.54 Å². The number of fused-ring (bicyclic) bond motifs is 1. The molecule has 82 valence electrons. The average molecular weight is 216 g/mol. The fraction of sp³-hybridized carbons (Fsp3) is 0.300. The van der Waals surface area contributed by atoms with Crippen molar-refractivity contribution in [1.82, 2.24) is 19.7 Å². The first-order valence-electron chi connectivity index (χ1n) is 5.17. The second-order valence-electron chi connectivity index (χ2n) is 3.83. The summed E-state index contributed by atoms with van der Waals surface area (Å²) in [7, 11) is 0. The molecular weight excluding hydrogens is 204 g/mol. The Hall–Kier alpha value is -2.11. The molecule has 0 fully saturated rings. The highest BCUT2D eigenvalue weighted by Crippen LogP contribution is 2.23. The van der Waals surface area contributed by atoms with Crippen LogP contribution in [-0.2, 0) is 6.54 Å². The topological polar surface area (TPSA) is 81.7 Å². The van der Waals surface area contributed by atoms with Gasteiger partial charge in [-0.3, -0.25) is 4.98 Å². The Balaban J connectivity index is 1.88. The monoisotopic (exact) mass is 216 g/mol. The van der Waals surface area contributed by atoms with Gasteiger partial charge in [-0.1, -0.05) is 0 Å². The van der Waals surface area contributed by atoms with Gasteiger partial charge in [-0.2, -0.15) is 4.98 Å². The summed E-state index contributed by atoms with van der Waals surface area (Å²) in [5.74, 6) is 1.46. The van der Waals surface area contributed by atoms with E-state index in [1.165, 1.54) is 5.56 Å². The van der Waals surface area contributed by atoms with Crippen molar-refractivity contribution in [3.05, 3.63) is 30.1 Å². The average Bonchev–Trinajstić information content (AvgIpc) is 2.69. The fourth-order valence-electron chi connectivity index (χ4n) is 1.96. The van der Waals surface area contributed by atoms with Crippen LogP contribution >= 0.6 is 0 Å². The van der Waals surface area contributed by atoms with E-state index in [0.29, 0.717) is 11.9 Å². The molecule has 3 rings (SSSR count). The molecule has 1 aliphatic rings. The highest BCUT2D eigenvalue weighted by atomic mass is 15.4. The zero-order valence-electron chi connectivity index (χ0n) is 8.67. The first-order valence-corrected chi connectivity index (χ1v) is 5.17. The summed E-state index contributed by atoms with van der Waals surface area (Å²) in [6.07, 6.45) is 3.61. The summed E-state index contributed by atoms with van der Waals surface area (Å²) < 4.78 is 1.81. The van der Waals surface area contributed by atoms with Crippen LogP contribution < -0.4 is 11.1 Å². The van der Waals surface area contributed by atoms with E-state index in [4.69, 9.17) is 5.73 Å². The summed E-state index contributed by atoms with van der Waals surface area (Å²) in [5, 5.41) is 7.35. The van der Waals surface area contributed by atoms with Gasteiger partial charge in [0.1, 0.15) is 0 Å². The van der Waals surface area contributed by atoms with E-state index in [1.54, 1.807) is 12.4 Å². The van der Waals surface area contributed by atoms with Crippen molar-refractivity contribution in [2.24, 2.45) is 0 Å². The SMILES string of the molecule is Nc1nc2n(n1)CC(c1ccncc1)CN2. The van der Waals surface area contributed by atoms with Crippen molar-refractivity contribution in [3.63, 3.8) is 0 Å². The molecule has 0 spiro atoms. The van der Waals surface area contributed by atoms with Gasteiger partial charge in [-0.05, 0) is 17.7 Å². The Morgan fingerprint density at radius 1 is 1.38 bits per heavy atom. The predicted molar refractivity (Wildman–Crippen MR) is 59.9 cm³/mol. The molecule has 6 heteroatoms. The van der Waals surface area contributed by atoms with E-state index >= 15 is 0 Å². The molecule has 1 atom stereocenters. The quantitative estimate of drug-likeness (QED) is 0.724. The molecule has 0 saturated carbocycles. The molecule has 2 aromatic rings. The van der Waals surface area contributed by atoms with Crippen LogP contribution in [0.2, 0.25) is 0 Å². The van der Waals surface area contributed by atoms with E-state index in [1.807, 2.05) is 16.8 Å². The minimum absolute atomic E-state index is 0.317. The number of hydrogen-bond acceptors (Lipinski definition) is 5. The molecule has 0 radical (unpaired) electrons. The Bertz CT molecular complexity index is 491. The van der Waals surface area contributed by atoms with Gasteiger partial charge >= 0.3 is 0 Å². The molecule has 1 unspecified atom stereocenters.